The van der Waals surface area contributed by atoms with E-state index in [4.69, 9.17) is 5.73 Å². The van der Waals surface area contributed by atoms with Gasteiger partial charge in [-0.15, -0.1) is 6.58 Å². The third-order valence-electron chi connectivity index (χ3n) is 1.68. The van der Waals surface area contributed by atoms with Gasteiger partial charge in [0.1, 0.15) is 9.90 Å². The second kappa shape index (κ2) is 4.63. The lowest BCUT2D eigenvalue weighted by Gasteiger charge is -2.03. The molecule has 0 saturated heterocycles. The first-order valence-corrected chi connectivity index (χ1v) is 6.93. The Morgan fingerprint density at radius 1 is 1.67 bits per heavy atom. The Labute approximate surface area is 93.1 Å². The lowest BCUT2D eigenvalue weighted by molar-refractivity contribution is 0.602. The fourth-order valence-corrected chi connectivity index (χ4v) is 3.15. The highest BCUT2D eigenvalue weighted by atomic mass is 32.2. The fourth-order valence-electron chi connectivity index (χ4n) is 1.05. The van der Waals surface area contributed by atoms with Gasteiger partial charge in [-0.05, 0) is 18.0 Å². The van der Waals surface area contributed by atoms with Crippen LogP contribution in [-0.2, 0) is 9.84 Å². The smallest absolute Gasteiger partial charge is 0.182 e. The van der Waals surface area contributed by atoms with Gasteiger partial charge in [-0.1, -0.05) is 6.08 Å². The first kappa shape index (κ1) is 12.0. The largest absolute Gasteiger partial charge is 0.382 e. The Balaban J connectivity index is 2.94. The molecule has 0 atom stereocenters. The molecule has 1 heterocycles. The molecule has 0 amide bonds. The van der Waals surface area contributed by atoms with Crippen LogP contribution in [-0.4, -0.2) is 25.6 Å². The minimum absolute atomic E-state index is 0.0589. The van der Waals surface area contributed by atoms with Crippen molar-refractivity contribution in [2.45, 2.75) is 11.3 Å². The normalized spacial score (nSPS) is 11.3. The Hall–Kier alpha value is -1.08. The number of aromatic nitrogens is 1. The van der Waals surface area contributed by atoms with E-state index < -0.39 is 9.84 Å². The maximum atomic E-state index is 11.4. The Kier molecular flexibility index (Phi) is 3.70. The molecule has 5 nitrogen and oxygen atoms in total. The van der Waals surface area contributed by atoms with Crippen molar-refractivity contribution in [3.05, 3.63) is 12.7 Å². The summed E-state index contributed by atoms with van der Waals surface area (Å²) in [7, 11) is -3.32. The van der Waals surface area contributed by atoms with Gasteiger partial charge in [0.05, 0.1) is 0 Å². The zero-order chi connectivity index (χ0) is 11.5. The zero-order valence-electron chi connectivity index (χ0n) is 8.36. The van der Waals surface area contributed by atoms with Crippen LogP contribution in [0.4, 0.5) is 10.8 Å². The van der Waals surface area contributed by atoms with Crippen molar-refractivity contribution in [3.8, 4) is 0 Å². The van der Waals surface area contributed by atoms with E-state index in [-0.39, 0.29) is 10.7 Å². The van der Waals surface area contributed by atoms with E-state index in [9.17, 15) is 8.42 Å². The van der Waals surface area contributed by atoms with Gasteiger partial charge in [0, 0.05) is 12.8 Å². The molecule has 0 aliphatic rings. The highest BCUT2D eigenvalue weighted by Crippen LogP contribution is 2.30. The molecule has 0 saturated carbocycles. The fraction of sp³-hybridized carbons (Fsp3) is 0.375. The lowest BCUT2D eigenvalue weighted by Crippen LogP contribution is -2.06. The molecule has 1 rings (SSSR count). The average Bonchev–Trinajstić information content (AvgIpc) is 2.47. The van der Waals surface area contributed by atoms with E-state index in [1.807, 2.05) is 0 Å². The van der Waals surface area contributed by atoms with Crippen LogP contribution in [0, 0.1) is 0 Å². The summed E-state index contributed by atoms with van der Waals surface area (Å²) in [5, 5.41) is 3.46. The molecular formula is C8H13N3O2S2. The number of nitrogens with zero attached hydrogens (tertiary/aromatic N) is 1. The molecular weight excluding hydrogens is 234 g/mol. The van der Waals surface area contributed by atoms with Crippen molar-refractivity contribution < 1.29 is 8.42 Å². The highest BCUT2D eigenvalue weighted by molar-refractivity contribution is 7.91. The van der Waals surface area contributed by atoms with Crippen molar-refractivity contribution in [2.24, 2.45) is 0 Å². The topological polar surface area (TPSA) is 85.1 Å². The number of nitrogen functional groups attached to an aromatic ring is 1. The van der Waals surface area contributed by atoms with E-state index in [1.165, 1.54) is 0 Å². The third-order valence-corrected chi connectivity index (χ3v) is 3.78. The number of hydrogen-bond acceptors (Lipinski definition) is 6. The second-order valence-corrected chi connectivity index (χ2v) is 5.73. The van der Waals surface area contributed by atoms with Crippen molar-refractivity contribution >= 4 is 32.2 Å². The molecule has 0 radical (unpaired) electrons. The van der Waals surface area contributed by atoms with Gasteiger partial charge in [-0.3, -0.25) is 0 Å². The third kappa shape index (κ3) is 2.93. The minimum Gasteiger partial charge on any atom is -0.382 e. The van der Waals surface area contributed by atoms with Crippen molar-refractivity contribution in [3.63, 3.8) is 0 Å². The van der Waals surface area contributed by atoms with Gasteiger partial charge < -0.3 is 11.1 Å². The van der Waals surface area contributed by atoms with Gasteiger partial charge in [-0.25, -0.2) is 8.42 Å². The molecule has 3 N–H and O–H groups in total. The lowest BCUT2D eigenvalue weighted by atomic mass is 10.4. The summed E-state index contributed by atoms with van der Waals surface area (Å²) in [5.41, 5.74) is 5.49. The number of nitrogens with two attached hydrogens (primary N) is 1. The summed E-state index contributed by atoms with van der Waals surface area (Å²) < 4.78 is 26.6. The number of sulfone groups is 1. The number of hydrogen-bond donors (Lipinski definition) is 2. The summed E-state index contributed by atoms with van der Waals surface area (Å²) in [6, 6.07) is 0. The predicted octanol–water partition coefficient (Wildman–Crippen LogP) is 1.12. The molecule has 15 heavy (non-hydrogen) atoms. The molecule has 0 aromatic carbocycles. The van der Waals surface area contributed by atoms with Crippen LogP contribution in [0.5, 0.6) is 0 Å². The van der Waals surface area contributed by atoms with Gasteiger partial charge in [0.2, 0.25) is 0 Å². The maximum absolute atomic E-state index is 11.4. The van der Waals surface area contributed by atoms with Crippen molar-refractivity contribution in [1.82, 2.24) is 4.37 Å². The highest BCUT2D eigenvalue weighted by Gasteiger charge is 2.20. The average molecular weight is 247 g/mol. The molecule has 84 valence electrons. The number of nitrogens with one attached hydrogen (secondary N) is 1. The summed E-state index contributed by atoms with van der Waals surface area (Å²) in [4.78, 5) is 0.0940. The molecule has 0 aliphatic heterocycles. The van der Waals surface area contributed by atoms with Crippen LogP contribution in [0.2, 0.25) is 0 Å². The first-order chi connectivity index (χ1) is 6.96. The van der Waals surface area contributed by atoms with Crippen LogP contribution in [0.1, 0.15) is 6.42 Å². The van der Waals surface area contributed by atoms with Crippen molar-refractivity contribution in [1.29, 1.82) is 0 Å². The maximum Gasteiger partial charge on any atom is 0.182 e. The molecule has 0 aliphatic carbocycles. The predicted molar refractivity (Wildman–Crippen MR) is 62.9 cm³/mol. The molecule has 1 aromatic heterocycles. The zero-order valence-corrected chi connectivity index (χ0v) is 9.99. The van der Waals surface area contributed by atoms with Crippen LogP contribution >= 0.6 is 11.5 Å². The van der Waals surface area contributed by atoms with E-state index in [2.05, 4.69) is 16.3 Å². The van der Waals surface area contributed by atoms with Gasteiger partial charge in [-0.2, -0.15) is 4.37 Å². The van der Waals surface area contributed by atoms with Crippen LogP contribution in [0.25, 0.3) is 0 Å². The summed E-state index contributed by atoms with van der Waals surface area (Å²) in [6.45, 7) is 4.19. The Morgan fingerprint density at radius 3 is 2.87 bits per heavy atom. The quantitative estimate of drug-likeness (QED) is 0.601. The molecule has 0 fully saturated rings. The van der Waals surface area contributed by atoms with E-state index >= 15 is 0 Å². The van der Waals surface area contributed by atoms with Gasteiger partial charge in [0.15, 0.2) is 15.7 Å². The van der Waals surface area contributed by atoms with Gasteiger partial charge >= 0.3 is 0 Å². The molecule has 0 spiro atoms. The molecule has 0 unspecified atom stereocenters. The summed E-state index contributed by atoms with van der Waals surface area (Å²) >= 11 is 1.05. The number of anilines is 2. The Morgan fingerprint density at radius 2 is 2.33 bits per heavy atom. The summed E-state index contributed by atoms with van der Waals surface area (Å²) in [6.07, 6.45) is 3.62. The SMILES string of the molecule is C=CCCNc1snc(N)c1S(C)(=O)=O. The van der Waals surface area contributed by atoms with Crippen LogP contribution in [0.3, 0.4) is 0 Å². The van der Waals surface area contributed by atoms with Crippen LogP contribution < -0.4 is 11.1 Å². The number of rotatable bonds is 5. The van der Waals surface area contributed by atoms with E-state index in [1.54, 1.807) is 6.08 Å². The Bertz CT molecular complexity index is 450. The molecule has 7 heteroatoms. The van der Waals surface area contributed by atoms with Crippen LogP contribution in [0.15, 0.2) is 17.6 Å². The minimum atomic E-state index is -3.32. The molecule has 1 aromatic rings. The second-order valence-electron chi connectivity index (χ2n) is 3.00. The van der Waals surface area contributed by atoms with Gasteiger partial charge in [0.25, 0.3) is 0 Å². The monoisotopic (exact) mass is 247 g/mol. The first-order valence-electron chi connectivity index (χ1n) is 4.26. The van der Waals surface area contributed by atoms with Crippen molar-refractivity contribution in [2.75, 3.05) is 23.9 Å². The summed E-state index contributed by atoms with van der Waals surface area (Å²) in [5.74, 6) is 0.0589. The van der Waals surface area contributed by atoms with E-state index in [0.717, 1.165) is 24.2 Å². The standard InChI is InChI=1S/C8H13N3O2S2/c1-3-4-5-10-8-6(15(2,12)13)7(9)11-14-8/h3,10H,1,4-5H2,2H3,(H2,9,11). The van der Waals surface area contributed by atoms with E-state index in [0.29, 0.717) is 11.5 Å². The molecule has 0 bridgehead atoms.